The number of nitrogens with one attached hydrogen (secondary N) is 2. The van der Waals surface area contributed by atoms with E-state index in [0.29, 0.717) is 17.9 Å². The van der Waals surface area contributed by atoms with Crippen molar-refractivity contribution in [2.24, 2.45) is 5.73 Å². The number of hydrogen-bond donors (Lipinski definition) is 3. The number of aryl methyl sites for hydroxylation is 2. The van der Waals surface area contributed by atoms with Gasteiger partial charge in [-0.25, -0.2) is 0 Å². The van der Waals surface area contributed by atoms with Crippen LogP contribution in [0.5, 0.6) is 0 Å². The Morgan fingerprint density at radius 2 is 1.76 bits per heavy atom. The molecule has 0 bridgehead atoms. The highest BCUT2D eigenvalue weighted by Crippen LogP contribution is 2.20. The van der Waals surface area contributed by atoms with Crippen molar-refractivity contribution in [3.05, 3.63) is 65.2 Å². The number of amides is 2. The molecule has 0 aliphatic rings. The van der Waals surface area contributed by atoms with Crippen LogP contribution in [0, 0.1) is 13.8 Å². The van der Waals surface area contributed by atoms with E-state index in [-0.39, 0.29) is 18.2 Å². The molecule has 5 heteroatoms. The first-order valence-corrected chi connectivity index (χ1v) is 8.14. The molecule has 0 atom stereocenters. The van der Waals surface area contributed by atoms with Crippen LogP contribution in [0.4, 0.5) is 11.4 Å². The molecular weight excluding hydrogens is 314 g/mol. The third-order valence-corrected chi connectivity index (χ3v) is 3.64. The number of benzene rings is 2. The smallest absolute Gasteiger partial charge is 0.248 e. The van der Waals surface area contributed by atoms with Gasteiger partial charge in [0.05, 0.1) is 0 Å². The number of rotatable bonds is 6. The van der Waals surface area contributed by atoms with Gasteiger partial charge in [-0.2, -0.15) is 0 Å². The van der Waals surface area contributed by atoms with Gasteiger partial charge in [-0.1, -0.05) is 29.8 Å². The quantitative estimate of drug-likeness (QED) is 0.708. The van der Waals surface area contributed by atoms with Gasteiger partial charge in [-0.15, -0.1) is 0 Å². The minimum Gasteiger partial charge on any atom is -0.330 e. The van der Waals surface area contributed by atoms with Crippen LogP contribution in [-0.2, 0) is 9.59 Å². The summed E-state index contributed by atoms with van der Waals surface area (Å²) in [6.45, 7) is 4.20. The minimum atomic E-state index is -0.205. The first-order valence-electron chi connectivity index (χ1n) is 8.14. The Morgan fingerprint density at radius 1 is 1.04 bits per heavy atom. The Bertz CT molecular complexity index is 780. The molecule has 2 amide bonds. The lowest BCUT2D eigenvalue weighted by Gasteiger charge is -2.10. The fourth-order valence-electron chi connectivity index (χ4n) is 2.26. The molecule has 0 aliphatic carbocycles. The van der Waals surface area contributed by atoms with Crippen molar-refractivity contribution < 1.29 is 9.59 Å². The van der Waals surface area contributed by atoms with Crippen LogP contribution >= 0.6 is 0 Å². The van der Waals surface area contributed by atoms with Crippen molar-refractivity contribution in [3.63, 3.8) is 0 Å². The van der Waals surface area contributed by atoms with Gasteiger partial charge in [0.1, 0.15) is 0 Å². The molecule has 0 aliphatic heterocycles. The van der Waals surface area contributed by atoms with Crippen molar-refractivity contribution in [1.29, 1.82) is 0 Å². The summed E-state index contributed by atoms with van der Waals surface area (Å²) in [5, 5.41) is 5.61. The van der Waals surface area contributed by atoms with E-state index < -0.39 is 0 Å². The number of anilines is 2. The average molecular weight is 337 g/mol. The molecule has 2 aromatic rings. The topological polar surface area (TPSA) is 84.2 Å². The maximum absolute atomic E-state index is 12.1. The zero-order valence-corrected chi connectivity index (χ0v) is 14.5. The first kappa shape index (κ1) is 18.4. The van der Waals surface area contributed by atoms with Crippen molar-refractivity contribution >= 4 is 29.3 Å². The average Bonchev–Trinajstić information content (AvgIpc) is 2.57. The van der Waals surface area contributed by atoms with Gasteiger partial charge in [0.2, 0.25) is 11.8 Å². The second-order valence-electron chi connectivity index (χ2n) is 5.85. The molecule has 0 saturated heterocycles. The molecule has 2 rings (SSSR count). The lowest BCUT2D eigenvalue weighted by molar-refractivity contribution is -0.116. The summed E-state index contributed by atoms with van der Waals surface area (Å²) < 4.78 is 0. The molecule has 5 nitrogen and oxygen atoms in total. The summed E-state index contributed by atoms with van der Waals surface area (Å²) in [6.07, 6.45) is 3.55. The molecule has 0 unspecified atom stereocenters. The third-order valence-electron chi connectivity index (χ3n) is 3.64. The van der Waals surface area contributed by atoms with Gasteiger partial charge >= 0.3 is 0 Å². The second-order valence-corrected chi connectivity index (χ2v) is 5.85. The van der Waals surface area contributed by atoms with Crippen molar-refractivity contribution in [3.8, 4) is 0 Å². The van der Waals surface area contributed by atoms with Crippen molar-refractivity contribution in [2.45, 2.75) is 20.3 Å². The Kier molecular flexibility index (Phi) is 6.48. The highest BCUT2D eigenvalue weighted by molar-refractivity contribution is 6.02. The van der Waals surface area contributed by atoms with Gasteiger partial charge in [0, 0.05) is 30.4 Å². The summed E-state index contributed by atoms with van der Waals surface area (Å²) in [6, 6.07) is 13.3. The van der Waals surface area contributed by atoms with Crippen LogP contribution in [0.25, 0.3) is 6.08 Å². The molecule has 0 saturated carbocycles. The number of nitrogens with two attached hydrogens (primary N) is 1. The SMILES string of the molecule is Cc1ccc(/C=C/C(=O)Nc2ccc(NC(=O)CCN)cc2C)cc1. The second kappa shape index (κ2) is 8.80. The van der Waals surface area contributed by atoms with Crippen molar-refractivity contribution in [2.75, 3.05) is 17.2 Å². The van der Waals surface area contributed by atoms with E-state index in [0.717, 1.165) is 11.1 Å². The predicted molar refractivity (Wildman–Crippen MR) is 102 cm³/mol. The number of carbonyl (C=O) groups excluding carboxylic acids is 2. The molecule has 4 N–H and O–H groups in total. The Hall–Kier alpha value is -2.92. The van der Waals surface area contributed by atoms with Crippen LogP contribution in [-0.4, -0.2) is 18.4 Å². The van der Waals surface area contributed by atoms with E-state index in [2.05, 4.69) is 10.6 Å². The zero-order valence-electron chi connectivity index (χ0n) is 14.5. The van der Waals surface area contributed by atoms with Gasteiger partial charge in [0.15, 0.2) is 0 Å². The van der Waals surface area contributed by atoms with E-state index >= 15 is 0 Å². The summed E-state index contributed by atoms with van der Waals surface area (Å²) in [4.78, 5) is 23.6. The van der Waals surface area contributed by atoms with Gasteiger partial charge in [-0.05, 0) is 49.2 Å². The Labute approximate surface area is 147 Å². The molecule has 0 spiro atoms. The van der Waals surface area contributed by atoms with E-state index in [1.165, 1.54) is 11.6 Å². The predicted octanol–water partition coefficient (Wildman–Crippen LogP) is 3.24. The fourth-order valence-corrected chi connectivity index (χ4v) is 2.26. The maximum atomic E-state index is 12.1. The Balaban J connectivity index is 1.98. The molecule has 2 aromatic carbocycles. The molecule has 0 fully saturated rings. The summed E-state index contributed by atoms with van der Waals surface area (Å²) in [7, 11) is 0. The molecule has 0 radical (unpaired) electrons. The summed E-state index contributed by atoms with van der Waals surface area (Å²) >= 11 is 0. The fraction of sp³-hybridized carbons (Fsp3) is 0.200. The van der Waals surface area contributed by atoms with Gasteiger partial charge < -0.3 is 16.4 Å². The minimum absolute atomic E-state index is 0.125. The standard InChI is InChI=1S/C20H23N3O2/c1-14-3-5-16(6-4-14)7-10-19(24)23-18-9-8-17(13-15(18)2)22-20(25)11-12-21/h3-10,13H,11-12,21H2,1-2H3,(H,22,25)(H,23,24)/b10-7+. The highest BCUT2D eigenvalue weighted by atomic mass is 16.2. The van der Waals surface area contributed by atoms with E-state index in [9.17, 15) is 9.59 Å². The van der Waals surface area contributed by atoms with Crippen molar-refractivity contribution in [1.82, 2.24) is 0 Å². The van der Waals surface area contributed by atoms with Crippen LogP contribution in [0.15, 0.2) is 48.5 Å². The van der Waals surface area contributed by atoms with E-state index in [1.807, 2.05) is 44.2 Å². The molecular formula is C20H23N3O2. The molecule has 0 heterocycles. The van der Waals surface area contributed by atoms with Gasteiger partial charge in [0.25, 0.3) is 0 Å². The largest absolute Gasteiger partial charge is 0.330 e. The van der Waals surface area contributed by atoms with Crippen LogP contribution in [0.3, 0.4) is 0 Å². The van der Waals surface area contributed by atoms with Crippen LogP contribution in [0.1, 0.15) is 23.1 Å². The highest BCUT2D eigenvalue weighted by Gasteiger charge is 2.05. The normalized spacial score (nSPS) is 10.7. The molecule has 25 heavy (non-hydrogen) atoms. The van der Waals surface area contributed by atoms with E-state index in [1.54, 1.807) is 18.2 Å². The Morgan fingerprint density at radius 3 is 2.40 bits per heavy atom. The summed E-state index contributed by atoms with van der Waals surface area (Å²) in [5.41, 5.74) is 9.75. The molecule has 0 aromatic heterocycles. The van der Waals surface area contributed by atoms with E-state index in [4.69, 9.17) is 5.73 Å². The van der Waals surface area contributed by atoms with Gasteiger partial charge in [-0.3, -0.25) is 9.59 Å². The summed E-state index contributed by atoms with van der Waals surface area (Å²) in [5.74, 6) is -0.330. The number of hydrogen-bond acceptors (Lipinski definition) is 3. The van der Waals surface area contributed by atoms with Crippen LogP contribution in [0.2, 0.25) is 0 Å². The number of carbonyl (C=O) groups is 2. The molecule has 130 valence electrons. The van der Waals surface area contributed by atoms with Crippen LogP contribution < -0.4 is 16.4 Å². The zero-order chi connectivity index (χ0) is 18.2. The maximum Gasteiger partial charge on any atom is 0.248 e. The lowest BCUT2D eigenvalue weighted by atomic mass is 10.1. The first-order chi connectivity index (χ1) is 12.0. The third kappa shape index (κ3) is 5.90. The monoisotopic (exact) mass is 337 g/mol. The lowest BCUT2D eigenvalue weighted by Crippen LogP contribution is -2.16.